The molecule has 1 aliphatic carbocycles. The molecule has 1 fully saturated rings. The first-order valence-electron chi connectivity index (χ1n) is 6.99. The van der Waals surface area contributed by atoms with Gasteiger partial charge in [-0.1, -0.05) is 44.0 Å². The summed E-state index contributed by atoms with van der Waals surface area (Å²) in [5.74, 6) is 0. The van der Waals surface area contributed by atoms with Gasteiger partial charge in [0.05, 0.1) is 0 Å². The Morgan fingerprint density at radius 1 is 1.33 bits per heavy atom. The maximum atomic E-state index is 6.36. The van der Waals surface area contributed by atoms with E-state index in [2.05, 4.69) is 44.3 Å². The predicted octanol–water partition coefficient (Wildman–Crippen LogP) is 4.36. The van der Waals surface area contributed by atoms with E-state index in [0.717, 1.165) is 18.0 Å². The highest BCUT2D eigenvalue weighted by molar-refractivity contribution is 6.31. The van der Waals surface area contributed by atoms with Gasteiger partial charge >= 0.3 is 0 Å². The summed E-state index contributed by atoms with van der Waals surface area (Å²) in [6.07, 6.45) is 5.14. The summed E-state index contributed by atoms with van der Waals surface area (Å²) in [4.78, 5) is 0. The summed E-state index contributed by atoms with van der Waals surface area (Å²) in [7, 11) is 0. The van der Waals surface area contributed by atoms with Crippen molar-refractivity contribution in [3.8, 4) is 0 Å². The third-order valence-corrected chi connectivity index (χ3v) is 4.43. The third-order valence-electron chi connectivity index (χ3n) is 4.07. The van der Waals surface area contributed by atoms with Gasteiger partial charge in [0.25, 0.3) is 0 Å². The zero-order chi connectivity index (χ0) is 13.2. The minimum atomic E-state index is 0.448. The van der Waals surface area contributed by atoms with E-state index >= 15 is 0 Å². The molecule has 1 nitrogen and oxygen atoms in total. The molecule has 0 amide bonds. The first-order chi connectivity index (χ1) is 8.51. The summed E-state index contributed by atoms with van der Waals surface area (Å²) in [5, 5.41) is 4.53. The Kier molecular flexibility index (Phi) is 4.34. The molecule has 2 heteroatoms. The molecule has 0 radical (unpaired) electrons. The van der Waals surface area contributed by atoms with E-state index in [0.29, 0.717) is 11.5 Å². The van der Waals surface area contributed by atoms with E-state index in [-0.39, 0.29) is 0 Å². The highest BCUT2D eigenvalue weighted by atomic mass is 35.5. The van der Waals surface area contributed by atoms with Crippen LogP contribution in [0.4, 0.5) is 0 Å². The van der Waals surface area contributed by atoms with Gasteiger partial charge in [-0.25, -0.2) is 0 Å². The summed E-state index contributed by atoms with van der Waals surface area (Å²) in [5.41, 5.74) is 3.00. The molecule has 0 bridgehead atoms. The van der Waals surface area contributed by atoms with E-state index in [9.17, 15) is 0 Å². The fourth-order valence-electron chi connectivity index (χ4n) is 2.71. The molecule has 0 unspecified atom stereocenters. The molecule has 100 valence electrons. The zero-order valence-electron chi connectivity index (χ0n) is 11.7. The van der Waals surface area contributed by atoms with Gasteiger partial charge in [-0.3, -0.25) is 0 Å². The van der Waals surface area contributed by atoms with E-state index < -0.39 is 0 Å². The minimum absolute atomic E-state index is 0.448. The van der Waals surface area contributed by atoms with Gasteiger partial charge in [0.15, 0.2) is 0 Å². The molecule has 1 aliphatic rings. The molecule has 1 N–H and O–H groups in total. The number of hydrogen-bond donors (Lipinski definition) is 1. The van der Waals surface area contributed by atoms with Gasteiger partial charge in [-0.05, 0) is 48.8 Å². The highest BCUT2D eigenvalue weighted by Crippen LogP contribution is 2.44. The predicted molar refractivity (Wildman–Crippen MR) is 79.3 cm³/mol. The van der Waals surface area contributed by atoms with Gasteiger partial charge in [-0.15, -0.1) is 0 Å². The summed E-state index contributed by atoms with van der Waals surface area (Å²) in [6.45, 7) is 7.64. The van der Waals surface area contributed by atoms with Crippen molar-refractivity contribution < 1.29 is 0 Å². The van der Waals surface area contributed by atoms with E-state index in [1.165, 1.54) is 30.4 Å². The lowest BCUT2D eigenvalue weighted by Gasteiger charge is -2.43. The average molecular weight is 266 g/mol. The van der Waals surface area contributed by atoms with Crippen LogP contribution in [0, 0.1) is 12.3 Å². The Morgan fingerprint density at radius 2 is 2.06 bits per heavy atom. The summed E-state index contributed by atoms with van der Waals surface area (Å²) < 4.78 is 0. The van der Waals surface area contributed by atoms with Crippen molar-refractivity contribution in [3.63, 3.8) is 0 Å². The van der Waals surface area contributed by atoms with Crippen LogP contribution in [0.25, 0.3) is 0 Å². The minimum Gasteiger partial charge on any atom is -0.314 e. The molecule has 0 aromatic heterocycles. The number of benzene rings is 1. The SMILES string of the molecule is Cc1ccc(CC2(CNC(C)C)CCC2)c(Cl)c1. The van der Waals surface area contributed by atoms with Crippen LogP contribution in [-0.2, 0) is 6.42 Å². The van der Waals surface area contributed by atoms with Gasteiger partial charge < -0.3 is 5.32 Å². The van der Waals surface area contributed by atoms with Gasteiger partial charge in [0, 0.05) is 17.6 Å². The van der Waals surface area contributed by atoms with Crippen LogP contribution in [0.5, 0.6) is 0 Å². The fourth-order valence-corrected chi connectivity index (χ4v) is 3.02. The van der Waals surface area contributed by atoms with Gasteiger partial charge in [0.2, 0.25) is 0 Å². The largest absolute Gasteiger partial charge is 0.314 e. The highest BCUT2D eigenvalue weighted by Gasteiger charge is 2.37. The van der Waals surface area contributed by atoms with Crippen molar-refractivity contribution in [2.45, 2.75) is 52.5 Å². The third kappa shape index (κ3) is 3.27. The topological polar surface area (TPSA) is 12.0 Å². The van der Waals surface area contributed by atoms with Crippen molar-refractivity contribution in [3.05, 3.63) is 34.3 Å². The van der Waals surface area contributed by atoms with E-state index in [1.807, 2.05) is 0 Å². The summed E-state index contributed by atoms with van der Waals surface area (Å²) in [6, 6.07) is 7.02. The Bertz CT molecular complexity index is 408. The molecule has 0 atom stereocenters. The first kappa shape index (κ1) is 13.9. The van der Waals surface area contributed by atoms with Crippen LogP contribution < -0.4 is 5.32 Å². The van der Waals surface area contributed by atoms with Crippen molar-refractivity contribution in [1.29, 1.82) is 0 Å². The van der Waals surface area contributed by atoms with Crippen LogP contribution in [0.15, 0.2) is 18.2 Å². The second kappa shape index (κ2) is 5.63. The molecule has 1 aromatic rings. The number of halogens is 1. The Hall–Kier alpha value is -0.530. The summed E-state index contributed by atoms with van der Waals surface area (Å²) >= 11 is 6.36. The monoisotopic (exact) mass is 265 g/mol. The van der Waals surface area contributed by atoms with Crippen LogP contribution in [-0.4, -0.2) is 12.6 Å². The molecule has 0 spiro atoms. The van der Waals surface area contributed by atoms with E-state index in [1.54, 1.807) is 0 Å². The maximum absolute atomic E-state index is 6.36. The molecule has 1 saturated carbocycles. The Morgan fingerprint density at radius 3 is 2.56 bits per heavy atom. The Balaban J connectivity index is 2.05. The lowest BCUT2D eigenvalue weighted by molar-refractivity contribution is 0.127. The van der Waals surface area contributed by atoms with Crippen LogP contribution >= 0.6 is 11.6 Å². The number of aryl methyl sites for hydroxylation is 1. The van der Waals surface area contributed by atoms with Crippen molar-refractivity contribution in [1.82, 2.24) is 5.32 Å². The molecule has 18 heavy (non-hydrogen) atoms. The smallest absolute Gasteiger partial charge is 0.0440 e. The van der Waals surface area contributed by atoms with E-state index in [4.69, 9.17) is 11.6 Å². The molecule has 2 rings (SSSR count). The molecular formula is C16H24ClN. The number of rotatable bonds is 5. The van der Waals surface area contributed by atoms with Crippen molar-refractivity contribution in [2.75, 3.05) is 6.54 Å². The molecule has 0 heterocycles. The standard InChI is InChI=1S/C16H24ClN/c1-12(2)18-11-16(7-4-8-16)10-14-6-5-13(3)9-15(14)17/h5-6,9,12,18H,4,7-8,10-11H2,1-3H3. The van der Waals surface area contributed by atoms with Gasteiger partial charge in [-0.2, -0.15) is 0 Å². The second-order valence-electron chi connectivity index (χ2n) is 6.16. The van der Waals surface area contributed by atoms with Crippen molar-refractivity contribution in [2.24, 2.45) is 5.41 Å². The zero-order valence-corrected chi connectivity index (χ0v) is 12.5. The average Bonchev–Trinajstić information content (AvgIpc) is 2.24. The lowest BCUT2D eigenvalue weighted by atomic mass is 9.65. The van der Waals surface area contributed by atoms with Crippen molar-refractivity contribution >= 4 is 11.6 Å². The fraction of sp³-hybridized carbons (Fsp3) is 0.625. The quantitative estimate of drug-likeness (QED) is 0.834. The molecule has 1 aromatic carbocycles. The molecule has 0 aliphatic heterocycles. The van der Waals surface area contributed by atoms with Gasteiger partial charge in [0.1, 0.15) is 0 Å². The number of nitrogens with one attached hydrogen (secondary N) is 1. The maximum Gasteiger partial charge on any atom is 0.0440 e. The van der Waals surface area contributed by atoms with Crippen LogP contribution in [0.2, 0.25) is 5.02 Å². The van der Waals surface area contributed by atoms with Crippen LogP contribution in [0.3, 0.4) is 0 Å². The molecular weight excluding hydrogens is 242 g/mol. The lowest BCUT2D eigenvalue weighted by Crippen LogP contribution is -2.43. The molecule has 0 saturated heterocycles. The second-order valence-corrected chi connectivity index (χ2v) is 6.57. The van der Waals surface area contributed by atoms with Crippen LogP contribution in [0.1, 0.15) is 44.2 Å². The number of hydrogen-bond acceptors (Lipinski definition) is 1. The Labute approximate surface area is 116 Å². The normalized spacial score (nSPS) is 17.8. The first-order valence-corrected chi connectivity index (χ1v) is 7.37.